The minimum Gasteiger partial charge on any atom is -0.494 e. The second-order valence-electron chi connectivity index (χ2n) is 8.11. The maximum absolute atomic E-state index is 12.9. The molecule has 35 heavy (non-hydrogen) atoms. The van der Waals surface area contributed by atoms with Crippen molar-refractivity contribution in [2.45, 2.75) is 13.3 Å². The number of rotatable bonds is 7. The molecule has 2 amide bonds. The molecule has 1 aliphatic heterocycles. The number of halogens is 2. The van der Waals surface area contributed by atoms with Gasteiger partial charge in [0.1, 0.15) is 10.9 Å². The fraction of sp³-hybridized carbons (Fsp3) is 0.269. The normalized spacial score (nSPS) is 13.5. The molecule has 0 radical (unpaired) electrons. The number of hydrogen-bond acceptors (Lipinski definition) is 5. The van der Waals surface area contributed by atoms with Gasteiger partial charge < -0.3 is 19.9 Å². The zero-order chi connectivity index (χ0) is 24.8. The van der Waals surface area contributed by atoms with Crippen LogP contribution >= 0.6 is 23.2 Å². The van der Waals surface area contributed by atoms with E-state index < -0.39 is 0 Å². The van der Waals surface area contributed by atoms with Crippen LogP contribution in [0.2, 0.25) is 10.2 Å². The number of amides is 2. The highest BCUT2D eigenvalue weighted by Gasteiger charge is 2.23. The first-order chi connectivity index (χ1) is 17.0. The molecule has 0 atom stereocenters. The summed E-state index contributed by atoms with van der Waals surface area (Å²) in [4.78, 5) is 33.3. The van der Waals surface area contributed by atoms with Crippen molar-refractivity contribution in [3.8, 4) is 5.75 Å². The van der Waals surface area contributed by atoms with Crippen LogP contribution in [0.4, 0.5) is 11.4 Å². The van der Waals surface area contributed by atoms with E-state index in [1.807, 2.05) is 35.2 Å². The van der Waals surface area contributed by atoms with E-state index in [1.165, 1.54) is 6.20 Å². The fourth-order valence-corrected chi connectivity index (χ4v) is 4.35. The SMILES string of the molecule is CCCOc1ccc(C(=O)N2CCN(c3ccc(NC(=O)c4cccnc4Cl)cc3Cl)CC2)cc1. The van der Waals surface area contributed by atoms with Crippen LogP contribution in [0, 0.1) is 0 Å². The number of pyridine rings is 1. The van der Waals surface area contributed by atoms with Gasteiger partial charge in [0, 0.05) is 43.6 Å². The number of benzene rings is 2. The first kappa shape index (κ1) is 24.8. The smallest absolute Gasteiger partial charge is 0.258 e. The zero-order valence-electron chi connectivity index (χ0n) is 19.3. The molecular formula is C26H26Cl2N4O3. The number of hydrogen-bond donors (Lipinski definition) is 1. The average molecular weight is 513 g/mol. The summed E-state index contributed by atoms with van der Waals surface area (Å²) in [6.07, 6.45) is 2.46. The Morgan fingerprint density at radius 3 is 2.43 bits per heavy atom. The molecule has 4 rings (SSSR count). The van der Waals surface area contributed by atoms with Crippen molar-refractivity contribution in [3.05, 3.63) is 82.1 Å². The lowest BCUT2D eigenvalue weighted by Crippen LogP contribution is -2.48. The largest absolute Gasteiger partial charge is 0.494 e. The summed E-state index contributed by atoms with van der Waals surface area (Å²) in [5, 5.41) is 3.45. The van der Waals surface area contributed by atoms with E-state index in [4.69, 9.17) is 27.9 Å². The lowest BCUT2D eigenvalue weighted by atomic mass is 10.1. The van der Waals surface area contributed by atoms with Crippen molar-refractivity contribution >= 4 is 46.4 Å². The molecule has 2 aromatic carbocycles. The molecule has 7 nitrogen and oxygen atoms in total. The summed E-state index contributed by atoms with van der Waals surface area (Å²) < 4.78 is 5.59. The van der Waals surface area contributed by atoms with Crippen LogP contribution in [0.5, 0.6) is 5.75 Å². The predicted molar refractivity (Wildman–Crippen MR) is 139 cm³/mol. The quantitative estimate of drug-likeness (QED) is 0.429. The number of anilines is 2. The first-order valence-electron chi connectivity index (χ1n) is 11.4. The van der Waals surface area contributed by atoms with E-state index >= 15 is 0 Å². The third-order valence-corrected chi connectivity index (χ3v) is 6.29. The fourth-order valence-electron chi connectivity index (χ4n) is 3.84. The molecule has 0 bridgehead atoms. The molecule has 0 aliphatic carbocycles. The second kappa shape index (κ2) is 11.4. The molecule has 182 valence electrons. The van der Waals surface area contributed by atoms with Crippen molar-refractivity contribution in [3.63, 3.8) is 0 Å². The van der Waals surface area contributed by atoms with Crippen molar-refractivity contribution in [2.75, 3.05) is 43.0 Å². The van der Waals surface area contributed by atoms with Crippen molar-refractivity contribution in [2.24, 2.45) is 0 Å². The van der Waals surface area contributed by atoms with Gasteiger partial charge in [-0.05, 0) is 61.0 Å². The number of piperazine rings is 1. The molecule has 0 unspecified atom stereocenters. The molecule has 0 saturated carbocycles. The summed E-state index contributed by atoms with van der Waals surface area (Å²) >= 11 is 12.5. The van der Waals surface area contributed by atoms with Crippen molar-refractivity contribution in [1.82, 2.24) is 9.88 Å². The van der Waals surface area contributed by atoms with E-state index in [9.17, 15) is 9.59 Å². The van der Waals surface area contributed by atoms with Crippen molar-refractivity contribution in [1.29, 1.82) is 0 Å². The molecule has 3 aromatic rings. The van der Waals surface area contributed by atoms with E-state index in [-0.39, 0.29) is 17.0 Å². The third kappa shape index (κ3) is 6.05. The highest BCUT2D eigenvalue weighted by Crippen LogP contribution is 2.30. The van der Waals surface area contributed by atoms with E-state index in [1.54, 1.807) is 24.3 Å². The number of carbonyl (C=O) groups is 2. The lowest BCUT2D eigenvalue weighted by Gasteiger charge is -2.36. The summed E-state index contributed by atoms with van der Waals surface area (Å²) in [6.45, 7) is 5.18. The molecule has 0 spiro atoms. The van der Waals surface area contributed by atoms with Crippen molar-refractivity contribution < 1.29 is 14.3 Å². The van der Waals surface area contributed by atoms with Crippen LogP contribution in [0.25, 0.3) is 0 Å². The minimum atomic E-state index is -0.357. The second-order valence-corrected chi connectivity index (χ2v) is 8.88. The van der Waals surface area contributed by atoms with E-state index in [0.717, 1.165) is 17.9 Å². The molecular weight excluding hydrogens is 487 g/mol. The highest BCUT2D eigenvalue weighted by atomic mass is 35.5. The lowest BCUT2D eigenvalue weighted by molar-refractivity contribution is 0.0746. The third-order valence-electron chi connectivity index (χ3n) is 5.69. The Labute approximate surface area is 214 Å². The van der Waals surface area contributed by atoms with Gasteiger partial charge in [0.05, 0.1) is 22.9 Å². The summed E-state index contributed by atoms with van der Waals surface area (Å²) in [5.41, 5.74) is 2.35. The van der Waals surface area contributed by atoms with Crippen LogP contribution < -0.4 is 15.0 Å². The van der Waals surface area contributed by atoms with E-state index in [0.29, 0.717) is 54.6 Å². The van der Waals surface area contributed by atoms with Crippen LogP contribution in [-0.2, 0) is 0 Å². The number of ether oxygens (including phenoxy) is 1. The molecule has 9 heteroatoms. The Hall–Kier alpha value is -3.29. The number of nitrogens with one attached hydrogen (secondary N) is 1. The Morgan fingerprint density at radius 2 is 1.77 bits per heavy atom. The molecule has 2 heterocycles. The molecule has 1 aliphatic rings. The van der Waals surface area contributed by atoms with Gasteiger partial charge in [0.25, 0.3) is 11.8 Å². The van der Waals surface area contributed by atoms with Crippen LogP contribution in [-0.4, -0.2) is 54.5 Å². The monoisotopic (exact) mass is 512 g/mol. The highest BCUT2D eigenvalue weighted by molar-refractivity contribution is 6.34. The Balaban J connectivity index is 1.34. The molecule has 1 aromatic heterocycles. The minimum absolute atomic E-state index is 0.00455. The summed E-state index contributed by atoms with van der Waals surface area (Å²) in [7, 11) is 0. The number of nitrogens with zero attached hydrogens (tertiary/aromatic N) is 3. The van der Waals surface area contributed by atoms with E-state index in [2.05, 4.69) is 22.1 Å². The van der Waals surface area contributed by atoms with Gasteiger partial charge in [-0.25, -0.2) is 4.98 Å². The van der Waals surface area contributed by atoms with Crippen LogP contribution in [0.15, 0.2) is 60.8 Å². The Kier molecular flexibility index (Phi) is 8.10. The number of aromatic nitrogens is 1. The maximum Gasteiger partial charge on any atom is 0.258 e. The summed E-state index contributed by atoms with van der Waals surface area (Å²) in [5.74, 6) is 0.417. The molecule has 1 N–H and O–H groups in total. The van der Waals surface area contributed by atoms with Gasteiger partial charge in [-0.1, -0.05) is 30.1 Å². The Morgan fingerprint density at radius 1 is 1.03 bits per heavy atom. The van der Waals surface area contributed by atoms with Gasteiger partial charge in [-0.2, -0.15) is 0 Å². The van der Waals surface area contributed by atoms with Gasteiger partial charge in [0.2, 0.25) is 0 Å². The average Bonchev–Trinajstić information content (AvgIpc) is 2.88. The van der Waals surface area contributed by atoms with Gasteiger partial charge in [0.15, 0.2) is 0 Å². The predicted octanol–water partition coefficient (Wildman–Crippen LogP) is 5.39. The van der Waals surface area contributed by atoms with Gasteiger partial charge >= 0.3 is 0 Å². The topological polar surface area (TPSA) is 74.8 Å². The Bertz CT molecular complexity index is 1200. The van der Waals surface area contributed by atoms with Crippen LogP contribution in [0.3, 0.4) is 0 Å². The van der Waals surface area contributed by atoms with Crippen LogP contribution in [0.1, 0.15) is 34.1 Å². The molecule has 1 fully saturated rings. The zero-order valence-corrected chi connectivity index (χ0v) is 20.9. The van der Waals surface area contributed by atoms with Gasteiger partial charge in [-0.3, -0.25) is 9.59 Å². The standard InChI is InChI=1S/C26H26Cl2N4O3/c1-2-16-35-20-8-5-18(6-9-20)26(34)32-14-12-31(13-15-32)23-10-7-19(17-22(23)27)30-25(33)21-4-3-11-29-24(21)28/h3-11,17H,2,12-16H2,1H3,(H,30,33). The maximum atomic E-state index is 12.9. The first-order valence-corrected chi connectivity index (χ1v) is 12.2. The van der Waals surface area contributed by atoms with Gasteiger partial charge in [-0.15, -0.1) is 0 Å². The summed E-state index contributed by atoms with van der Waals surface area (Å²) in [6, 6.07) is 15.9. The molecule has 1 saturated heterocycles. The number of carbonyl (C=O) groups excluding carboxylic acids is 2.